The molecule has 22 heavy (non-hydrogen) atoms. The number of carbonyl (C=O) groups is 1. The third-order valence-corrected chi connectivity index (χ3v) is 4.63. The standard InChI is InChI=1S/C19H30N2O/c1-15(2)14-20-19(22)16(3)21-11-9-18(10-12-21)13-17-7-5-4-6-8-17/h4-8,15-16,18H,9-14H2,1-3H3,(H,20,22). The normalized spacial score (nSPS) is 18.4. The summed E-state index contributed by atoms with van der Waals surface area (Å²) in [6, 6.07) is 10.7. The Balaban J connectivity index is 1.75. The van der Waals surface area contributed by atoms with Crippen LogP contribution in [0.15, 0.2) is 30.3 Å². The maximum Gasteiger partial charge on any atom is 0.237 e. The summed E-state index contributed by atoms with van der Waals surface area (Å²) in [4.78, 5) is 14.5. The van der Waals surface area contributed by atoms with Crippen LogP contribution >= 0.6 is 0 Å². The van der Waals surface area contributed by atoms with E-state index in [2.05, 4.69) is 54.4 Å². The van der Waals surface area contributed by atoms with Crippen LogP contribution in [0.3, 0.4) is 0 Å². The summed E-state index contributed by atoms with van der Waals surface area (Å²) in [5.41, 5.74) is 1.43. The molecular weight excluding hydrogens is 272 g/mol. The highest BCUT2D eigenvalue weighted by molar-refractivity contribution is 5.81. The molecule has 1 aliphatic rings. The van der Waals surface area contributed by atoms with E-state index in [4.69, 9.17) is 0 Å². The monoisotopic (exact) mass is 302 g/mol. The van der Waals surface area contributed by atoms with Crippen LogP contribution in [0.5, 0.6) is 0 Å². The van der Waals surface area contributed by atoms with E-state index in [9.17, 15) is 4.79 Å². The van der Waals surface area contributed by atoms with Crippen molar-refractivity contribution in [2.75, 3.05) is 19.6 Å². The Kier molecular flexibility index (Phi) is 6.44. The highest BCUT2D eigenvalue weighted by Gasteiger charge is 2.26. The van der Waals surface area contributed by atoms with Crippen molar-refractivity contribution in [3.63, 3.8) is 0 Å². The maximum absolute atomic E-state index is 12.2. The summed E-state index contributed by atoms with van der Waals surface area (Å²) in [7, 11) is 0. The SMILES string of the molecule is CC(C)CNC(=O)C(C)N1CCC(Cc2ccccc2)CC1. The van der Waals surface area contributed by atoms with Crippen LogP contribution in [0.2, 0.25) is 0 Å². The van der Waals surface area contributed by atoms with Gasteiger partial charge < -0.3 is 5.32 Å². The zero-order valence-corrected chi connectivity index (χ0v) is 14.2. The average molecular weight is 302 g/mol. The van der Waals surface area contributed by atoms with Crippen LogP contribution in [0.4, 0.5) is 0 Å². The molecule has 1 atom stereocenters. The van der Waals surface area contributed by atoms with Gasteiger partial charge in [0.2, 0.25) is 5.91 Å². The van der Waals surface area contributed by atoms with E-state index in [1.54, 1.807) is 0 Å². The Morgan fingerprint density at radius 1 is 1.18 bits per heavy atom. The first-order valence-electron chi connectivity index (χ1n) is 8.62. The first kappa shape index (κ1) is 17.0. The Labute approximate surface area is 135 Å². The molecule has 0 aromatic heterocycles. The minimum atomic E-state index is -0.00331. The van der Waals surface area contributed by atoms with Gasteiger partial charge in [0.25, 0.3) is 0 Å². The van der Waals surface area contributed by atoms with Gasteiger partial charge in [-0.15, -0.1) is 0 Å². The van der Waals surface area contributed by atoms with Gasteiger partial charge in [0.15, 0.2) is 0 Å². The third kappa shape index (κ3) is 5.13. The van der Waals surface area contributed by atoms with Crippen LogP contribution in [-0.2, 0) is 11.2 Å². The van der Waals surface area contributed by atoms with E-state index in [1.807, 2.05) is 6.92 Å². The predicted molar refractivity (Wildman–Crippen MR) is 91.8 cm³/mol. The summed E-state index contributed by atoms with van der Waals surface area (Å²) in [5.74, 6) is 1.44. The molecule has 2 rings (SSSR count). The molecule has 1 heterocycles. The number of likely N-dealkylation sites (tertiary alicyclic amines) is 1. The molecule has 1 unspecified atom stereocenters. The molecule has 1 aromatic carbocycles. The number of hydrogen-bond acceptors (Lipinski definition) is 2. The molecule has 3 nitrogen and oxygen atoms in total. The van der Waals surface area contributed by atoms with E-state index in [1.165, 1.54) is 24.8 Å². The number of nitrogens with one attached hydrogen (secondary N) is 1. The summed E-state index contributed by atoms with van der Waals surface area (Å²) in [5, 5.41) is 3.05. The number of benzene rings is 1. The maximum atomic E-state index is 12.2. The van der Waals surface area contributed by atoms with E-state index < -0.39 is 0 Å². The van der Waals surface area contributed by atoms with Gasteiger partial charge in [-0.2, -0.15) is 0 Å². The molecule has 1 saturated heterocycles. The smallest absolute Gasteiger partial charge is 0.237 e. The first-order chi connectivity index (χ1) is 10.6. The number of hydrogen-bond donors (Lipinski definition) is 1. The lowest BCUT2D eigenvalue weighted by Gasteiger charge is -2.35. The van der Waals surface area contributed by atoms with Gasteiger partial charge in [-0.25, -0.2) is 0 Å². The van der Waals surface area contributed by atoms with E-state index in [0.29, 0.717) is 5.92 Å². The van der Waals surface area contributed by atoms with Crippen molar-refractivity contribution in [2.45, 2.75) is 46.1 Å². The predicted octanol–water partition coefficient (Wildman–Crippen LogP) is 3.10. The van der Waals surface area contributed by atoms with E-state index in [0.717, 1.165) is 25.6 Å². The second-order valence-corrected chi connectivity index (χ2v) is 6.98. The van der Waals surface area contributed by atoms with Crippen molar-refractivity contribution in [2.24, 2.45) is 11.8 Å². The molecule has 0 radical (unpaired) electrons. The lowest BCUT2D eigenvalue weighted by Crippen LogP contribution is -2.49. The molecule has 0 aliphatic carbocycles. The second kappa shape index (κ2) is 8.33. The number of rotatable bonds is 6. The Bertz CT molecular complexity index is 450. The van der Waals surface area contributed by atoms with Crippen molar-refractivity contribution >= 4 is 5.91 Å². The van der Waals surface area contributed by atoms with Crippen LogP contribution < -0.4 is 5.32 Å². The minimum absolute atomic E-state index is 0.00331. The fourth-order valence-electron chi connectivity index (χ4n) is 3.11. The first-order valence-corrected chi connectivity index (χ1v) is 8.62. The minimum Gasteiger partial charge on any atom is -0.354 e. The number of carbonyl (C=O) groups excluding carboxylic acids is 1. The Morgan fingerprint density at radius 2 is 1.82 bits per heavy atom. The fraction of sp³-hybridized carbons (Fsp3) is 0.632. The van der Waals surface area contributed by atoms with E-state index in [-0.39, 0.29) is 11.9 Å². The lowest BCUT2D eigenvalue weighted by atomic mass is 9.89. The lowest BCUT2D eigenvalue weighted by molar-refractivity contribution is -0.126. The molecule has 1 N–H and O–H groups in total. The zero-order chi connectivity index (χ0) is 15.9. The fourth-order valence-corrected chi connectivity index (χ4v) is 3.11. The van der Waals surface area contributed by atoms with Crippen molar-refractivity contribution in [1.82, 2.24) is 10.2 Å². The van der Waals surface area contributed by atoms with Gasteiger partial charge in [0.1, 0.15) is 0 Å². The van der Waals surface area contributed by atoms with Crippen molar-refractivity contribution in [3.05, 3.63) is 35.9 Å². The molecule has 122 valence electrons. The van der Waals surface area contributed by atoms with Gasteiger partial charge in [-0.3, -0.25) is 9.69 Å². The summed E-state index contributed by atoms with van der Waals surface area (Å²) < 4.78 is 0. The molecule has 0 bridgehead atoms. The molecule has 1 fully saturated rings. The summed E-state index contributed by atoms with van der Waals surface area (Å²) in [6.07, 6.45) is 3.55. The quantitative estimate of drug-likeness (QED) is 0.876. The van der Waals surface area contributed by atoms with Crippen LogP contribution in [-0.4, -0.2) is 36.5 Å². The average Bonchev–Trinajstić information content (AvgIpc) is 2.53. The van der Waals surface area contributed by atoms with Crippen LogP contribution in [0.25, 0.3) is 0 Å². The van der Waals surface area contributed by atoms with Crippen molar-refractivity contribution < 1.29 is 4.79 Å². The van der Waals surface area contributed by atoms with Gasteiger partial charge in [-0.1, -0.05) is 44.2 Å². The zero-order valence-electron chi connectivity index (χ0n) is 14.2. The molecule has 0 saturated carbocycles. The Morgan fingerprint density at radius 3 is 2.41 bits per heavy atom. The summed E-state index contributed by atoms with van der Waals surface area (Å²) in [6.45, 7) is 9.13. The molecule has 3 heteroatoms. The van der Waals surface area contributed by atoms with Crippen LogP contribution in [0.1, 0.15) is 39.2 Å². The number of amides is 1. The number of nitrogens with zero attached hydrogens (tertiary/aromatic N) is 1. The molecule has 0 spiro atoms. The van der Waals surface area contributed by atoms with Gasteiger partial charge in [0.05, 0.1) is 6.04 Å². The van der Waals surface area contributed by atoms with Gasteiger partial charge >= 0.3 is 0 Å². The van der Waals surface area contributed by atoms with E-state index >= 15 is 0 Å². The van der Waals surface area contributed by atoms with Crippen molar-refractivity contribution in [1.29, 1.82) is 0 Å². The van der Waals surface area contributed by atoms with Gasteiger partial charge in [0, 0.05) is 6.54 Å². The second-order valence-electron chi connectivity index (χ2n) is 6.98. The highest BCUT2D eigenvalue weighted by atomic mass is 16.2. The molecular formula is C19H30N2O. The van der Waals surface area contributed by atoms with Crippen molar-refractivity contribution in [3.8, 4) is 0 Å². The molecule has 1 aromatic rings. The van der Waals surface area contributed by atoms with Gasteiger partial charge in [-0.05, 0) is 56.7 Å². The molecule has 1 amide bonds. The molecule has 1 aliphatic heterocycles. The highest BCUT2D eigenvalue weighted by Crippen LogP contribution is 2.22. The van der Waals surface area contributed by atoms with Crippen LogP contribution in [0, 0.1) is 11.8 Å². The largest absolute Gasteiger partial charge is 0.354 e. The summed E-state index contributed by atoms with van der Waals surface area (Å²) >= 11 is 0. The Hall–Kier alpha value is -1.35. The third-order valence-electron chi connectivity index (χ3n) is 4.63. The topological polar surface area (TPSA) is 32.3 Å². The number of piperidine rings is 1.